The van der Waals surface area contributed by atoms with Gasteiger partial charge in [-0.05, 0) is 4.57 Å². The van der Waals surface area contributed by atoms with Crippen LogP contribution in [-0.2, 0) is 18.6 Å². The first-order valence-corrected chi connectivity index (χ1v) is 8.77. The van der Waals surface area contributed by atoms with Crippen LogP contribution in [0.3, 0.4) is 0 Å². The van der Waals surface area contributed by atoms with E-state index in [-0.39, 0.29) is 17.0 Å². The Kier molecular flexibility index (Phi) is 3.54. The lowest BCUT2D eigenvalue weighted by atomic mass is 9.98. The number of alkyl halides is 2. The van der Waals surface area contributed by atoms with Crippen LogP contribution in [0.15, 0.2) is 12.7 Å². The topological polar surface area (TPSA) is 135 Å². The molecule has 5 atom stereocenters. The van der Waals surface area contributed by atoms with E-state index in [0.717, 1.165) is 0 Å². The second-order valence-electron chi connectivity index (χ2n) is 5.74. The molecule has 2 fully saturated rings. The molecular weight excluding hydrogens is 363 g/mol. The molecule has 3 N–H and O–H groups in total. The molecule has 2 aromatic rings. The lowest BCUT2D eigenvalue weighted by Gasteiger charge is -2.35. The first-order valence-electron chi connectivity index (χ1n) is 7.15. The summed E-state index contributed by atoms with van der Waals surface area (Å²) in [5.74, 6) is 0.111. The summed E-state index contributed by atoms with van der Waals surface area (Å²) in [5.41, 5.74) is 3.71. The van der Waals surface area contributed by atoms with Gasteiger partial charge in [0.25, 0.3) is 0 Å². The number of rotatable bonds is 4. The highest BCUT2D eigenvalue weighted by Crippen LogP contribution is 2.56. The van der Waals surface area contributed by atoms with Crippen LogP contribution in [0.25, 0.3) is 11.2 Å². The van der Waals surface area contributed by atoms with E-state index in [9.17, 15) is 18.5 Å². The number of halogens is 2. The second kappa shape index (κ2) is 5.32. The first-order chi connectivity index (χ1) is 11.8. The third-order valence-electron chi connectivity index (χ3n) is 4.30. The van der Waals surface area contributed by atoms with Crippen molar-refractivity contribution in [3.05, 3.63) is 12.7 Å². The van der Waals surface area contributed by atoms with Gasteiger partial charge >= 0.3 is 14.1 Å². The maximum atomic E-state index is 14.2. The molecule has 13 heteroatoms. The summed E-state index contributed by atoms with van der Waals surface area (Å²) in [5, 5.41) is 10.3. The van der Waals surface area contributed by atoms with Gasteiger partial charge in [-0.1, -0.05) is 0 Å². The van der Waals surface area contributed by atoms with Crippen LogP contribution in [-0.4, -0.2) is 61.8 Å². The van der Waals surface area contributed by atoms with Crippen LogP contribution in [0.2, 0.25) is 0 Å². The number of imidazole rings is 1. The average molecular weight is 376 g/mol. The minimum absolute atomic E-state index is 0.111. The fourth-order valence-corrected chi connectivity index (χ4v) is 3.44. The van der Waals surface area contributed by atoms with Crippen LogP contribution in [0.1, 0.15) is 6.23 Å². The predicted octanol–water partition coefficient (Wildman–Crippen LogP) is 0.417. The molecule has 0 aliphatic carbocycles. The number of ether oxygens (including phenoxy) is 2. The Bertz CT molecular complexity index is 866. The molecule has 134 valence electrons. The third kappa shape index (κ3) is 2.19. The SMILES string of the molecule is C[P+](=O)OC[C@]12O[C@@H](n3cnc4c(N)ncnc43)[C@H](OC1(F)F)[C@@H]2O. The minimum Gasteiger partial charge on any atom is -0.387 e. The maximum absolute atomic E-state index is 14.2. The Morgan fingerprint density at radius 2 is 2.20 bits per heavy atom. The highest BCUT2D eigenvalue weighted by Gasteiger charge is 2.78. The van der Waals surface area contributed by atoms with E-state index in [1.165, 1.54) is 23.9 Å². The zero-order valence-corrected chi connectivity index (χ0v) is 13.6. The van der Waals surface area contributed by atoms with Crippen molar-refractivity contribution in [3.8, 4) is 0 Å². The van der Waals surface area contributed by atoms with Crippen LogP contribution in [0.5, 0.6) is 0 Å². The summed E-state index contributed by atoms with van der Waals surface area (Å²) < 4.78 is 56.0. The third-order valence-corrected chi connectivity index (χ3v) is 4.79. The molecular formula is C12H13F2N5O5P+. The molecule has 4 heterocycles. The molecule has 2 saturated heterocycles. The smallest absolute Gasteiger partial charge is 0.387 e. The Balaban J connectivity index is 1.74. The molecule has 0 amide bonds. The molecule has 2 bridgehead atoms. The summed E-state index contributed by atoms with van der Waals surface area (Å²) in [6.07, 6.45) is -5.60. The molecule has 0 saturated carbocycles. The van der Waals surface area contributed by atoms with Gasteiger partial charge in [0.2, 0.25) is 5.60 Å². The summed E-state index contributed by atoms with van der Waals surface area (Å²) in [4.78, 5) is 11.8. The molecule has 0 aromatic carbocycles. The van der Waals surface area contributed by atoms with Gasteiger partial charge in [0.15, 0.2) is 24.4 Å². The van der Waals surface area contributed by atoms with E-state index in [1.54, 1.807) is 0 Å². The van der Waals surface area contributed by atoms with E-state index in [4.69, 9.17) is 19.7 Å². The minimum atomic E-state index is -3.82. The summed E-state index contributed by atoms with van der Waals surface area (Å²) in [7, 11) is -2.17. The molecule has 1 unspecified atom stereocenters. The van der Waals surface area contributed by atoms with Gasteiger partial charge in [-0.25, -0.2) is 15.0 Å². The van der Waals surface area contributed by atoms with Crippen molar-refractivity contribution in [2.75, 3.05) is 19.0 Å². The largest absolute Gasteiger partial charge is 0.504 e. The zero-order valence-electron chi connectivity index (χ0n) is 12.7. The zero-order chi connectivity index (χ0) is 18.0. The maximum Gasteiger partial charge on any atom is 0.504 e. The summed E-state index contributed by atoms with van der Waals surface area (Å²) >= 11 is 0. The first kappa shape index (κ1) is 16.6. The van der Waals surface area contributed by atoms with Gasteiger partial charge in [-0.15, -0.1) is 4.52 Å². The number of nitrogens with zero attached hydrogens (tertiary/aromatic N) is 4. The lowest BCUT2D eigenvalue weighted by Crippen LogP contribution is -2.55. The summed E-state index contributed by atoms with van der Waals surface area (Å²) in [6, 6.07) is 0. The average Bonchev–Trinajstić information content (AvgIpc) is 3.13. The van der Waals surface area contributed by atoms with Crippen molar-refractivity contribution >= 4 is 25.0 Å². The van der Waals surface area contributed by atoms with Gasteiger partial charge in [-0.2, -0.15) is 8.78 Å². The standard InChI is InChI=1S/C12H13F2N5O5P/c1-25(21)22-2-11-7(20)6(23-12(11,13)14)10(24-11)19-4-18-5-8(15)16-3-17-9(5)19/h3-4,6-7,10,20H,2H2,1H3,(H2,15,16,17)/q+1/t6-,7+,10-,11-/m1/s1. The van der Waals surface area contributed by atoms with Gasteiger partial charge < -0.3 is 20.3 Å². The van der Waals surface area contributed by atoms with Crippen LogP contribution in [0, 0.1) is 0 Å². The fourth-order valence-electron chi connectivity index (χ4n) is 3.07. The van der Waals surface area contributed by atoms with E-state index in [2.05, 4.69) is 15.0 Å². The number of nitrogens with two attached hydrogens (primary N) is 1. The highest BCUT2D eigenvalue weighted by molar-refractivity contribution is 7.38. The van der Waals surface area contributed by atoms with Gasteiger partial charge in [0.1, 0.15) is 30.7 Å². The number of nitrogen functional groups attached to an aromatic ring is 1. The number of aromatic nitrogens is 4. The Labute approximate surface area is 139 Å². The van der Waals surface area contributed by atoms with Crippen molar-refractivity contribution in [3.63, 3.8) is 0 Å². The van der Waals surface area contributed by atoms with E-state index < -0.39 is 44.8 Å². The number of hydrogen-bond acceptors (Lipinski definition) is 9. The lowest BCUT2D eigenvalue weighted by molar-refractivity contribution is -0.369. The Hall–Kier alpha value is -1.85. The van der Waals surface area contributed by atoms with Gasteiger partial charge in [0.05, 0.1) is 6.33 Å². The monoisotopic (exact) mass is 376 g/mol. The molecule has 2 aromatic heterocycles. The normalized spacial score (nSPS) is 33.9. The molecule has 0 spiro atoms. The molecule has 25 heavy (non-hydrogen) atoms. The van der Waals surface area contributed by atoms with Gasteiger partial charge in [0, 0.05) is 0 Å². The highest BCUT2D eigenvalue weighted by atomic mass is 31.1. The molecule has 10 nitrogen and oxygen atoms in total. The number of anilines is 1. The Morgan fingerprint density at radius 1 is 1.44 bits per heavy atom. The number of fused-ring (bicyclic) bond motifs is 3. The number of aliphatic hydroxyl groups excluding tert-OH is 1. The summed E-state index contributed by atoms with van der Waals surface area (Å²) in [6.45, 7) is 0.406. The Morgan fingerprint density at radius 3 is 2.92 bits per heavy atom. The van der Waals surface area contributed by atoms with Crippen molar-refractivity contribution in [2.45, 2.75) is 30.1 Å². The van der Waals surface area contributed by atoms with Crippen molar-refractivity contribution < 1.29 is 32.4 Å². The van der Waals surface area contributed by atoms with E-state index in [1.807, 2.05) is 0 Å². The molecule has 2 aliphatic heterocycles. The quantitative estimate of drug-likeness (QED) is 0.728. The van der Waals surface area contributed by atoms with Gasteiger partial charge in [-0.3, -0.25) is 4.57 Å². The van der Waals surface area contributed by atoms with Crippen LogP contribution in [0.4, 0.5) is 14.6 Å². The fraction of sp³-hybridized carbons (Fsp3) is 0.583. The van der Waals surface area contributed by atoms with Crippen molar-refractivity contribution in [1.29, 1.82) is 0 Å². The number of aliphatic hydroxyl groups is 1. The van der Waals surface area contributed by atoms with Crippen molar-refractivity contribution in [1.82, 2.24) is 19.5 Å². The molecule has 0 radical (unpaired) electrons. The van der Waals surface area contributed by atoms with E-state index in [0.29, 0.717) is 0 Å². The van der Waals surface area contributed by atoms with Crippen molar-refractivity contribution in [2.24, 2.45) is 0 Å². The van der Waals surface area contributed by atoms with Crippen LogP contribution >= 0.6 is 8.03 Å². The molecule has 4 rings (SSSR count). The second-order valence-corrected chi connectivity index (χ2v) is 6.88. The number of hydrogen-bond donors (Lipinski definition) is 2. The van der Waals surface area contributed by atoms with Crippen LogP contribution < -0.4 is 5.73 Å². The van der Waals surface area contributed by atoms with E-state index >= 15 is 0 Å². The molecule has 2 aliphatic rings. The predicted molar refractivity (Wildman–Crippen MR) is 77.9 cm³/mol.